The van der Waals surface area contributed by atoms with Gasteiger partial charge in [0.25, 0.3) is 0 Å². The highest BCUT2D eigenvalue weighted by Gasteiger charge is 2.18. The highest BCUT2D eigenvalue weighted by molar-refractivity contribution is 9.09. The highest BCUT2D eigenvalue weighted by Crippen LogP contribution is 2.36. The van der Waals surface area contributed by atoms with Gasteiger partial charge in [-0.2, -0.15) is 0 Å². The Morgan fingerprint density at radius 2 is 1.76 bits per heavy atom. The van der Waals surface area contributed by atoms with Crippen molar-refractivity contribution in [3.05, 3.63) is 35.4 Å². The first kappa shape index (κ1) is 13.1. The van der Waals surface area contributed by atoms with Gasteiger partial charge in [0.15, 0.2) is 0 Å². The Hall–Kier alpha value is -0.300. The maximum atomic E-state index is 3.87. The van der Waals surface area contributed by atoms with Gasteiger partial charge in [-0.05, 0) is 29.9 Å². The first-order chi connectivity index (χ1) is 8.29. The van der Waals surface area contributed by atoms with Crippen LogP contribution in [0.15, 0.2) is 24.3 Å². The topological polar surface area (TPSA) is 0 Å². The van der Waals surface area contributed by atoms with Crippen molar-refractivity contribution >= 4 is 15.9 Å². The van der Waals surface area contributed by atoms with E-state index in [1.165, 1.54) is 49.7 Å². The van der Waals surface area contributed by atoms with Gasteiger partial charge in [-0.25, -0.2) is 0 Å². The fourth-order valence-electron chi connectivity index (χ4n) is 2.81. The molecule has 0 amide bonds. The second-order valence-electron chi connectivity index (χ2n) is 5.30. The Balaban J connectivity index is 1.91. The van der Waals surface area contributed by atoms with Crippen LogP contribution in [0.2, 0.25) is 0 Å². The third-order valence-corrected chi connectivity index (χ3v) is 4.92. The molecule has 94 valence electrons. The van der Waals surface area contributed by atoms with E-state index in [1.54, 1.807) is 0 Å². The van der Waals surface area contributed by atoms with Gasteiger partial charge in [-0.1, -0.05) is 79.2 Å². The molecule has 0 spiro atoms. The molecular weight excluding hydrogens is 272 g/mol. The van der Waals surface area contributed by atoms with E-state index in [4.69, 9.17) is 0 Å². The summed E-state index contributed by atoms with van der Waals surface area (Å²) in [7, 11) is 0. The summed E-state index contributed by atoms with van der Waals surface area (Å²) in [5, 5.41) is 0. The summed E-state index contributed by atoms with van der Waals surface area (Å²) in [6.07, 6.45) is 9.67. The number of benzene rings is 1. The van der Waals surface area contributed by atoms with Crippen LogP contribution in [0.3, 0.4) is 0 Å². The lowest BCUT2D eigenvalue weighted by Gasteiger charge is -2.24. The molecule has 1 aliphatic rings. The molecule has 1 atom stereocenters. The van der Waals surface area contributed by atoms with E-state index >= 15 is 0 Å². The van der Waals surface area contributed by atoms with Gasteiger partial charge >= 0.3 is 0 Å². The molecule has 0 aliphatic heterocycles. The smallest absolute Gasteiger partial charge is 0.0397 e. The Labute approximate surface area is 114 Å². The fraction of sp³-hybridized carbons (Fsp3) is 0.625. The quantitative estimate of drug-likeness (QED) is 0.629. The summed E-state index contributed by atoms with van der Waals surface area (Å²) >= 11 is 3.87. The van der Waals surface area contributed by atoms with Crippen LogP contribution in [0.4, 0.5) is 0 Å². The number of halogens is 1. The standard InChI is InChI=1S/C16H23Br/c1-2-13-8-10-15(11-9-13)16(17)12-14-6-4-3-5-7-14/h8-11,14,16H,2-7,12H2,1H3. The lowest BCUT2D eigenvalue weighted by molar-refractivity contribution is 0.338. The zero-order valence-corrected chi connectivity index (χ0v) is 12.4. The van der Waals surface area contributed by atoms with E-state index < -0.39 is 0 Å². The summed E-state index contributed by atoms with van der Waals surface area (Å²) in [4.78, 5) is 0.552. The van der Waals surface area contributed by atoms with Crippen LogP contribution in [0, 0.1) is 5.92 Å². The summed E-state index contributed by atoms with van der Waals surface area (Å²) in [6.45, 7) is 2.21. The van der Waals surface area contributed by atoms with Crippen LogP contribution in [0.25, 0.3) is 0 Å². The second kappa shape index (κ2) is 6.58. The molecule has 0 bridgehead atoms. The third kappa shape index (κ3) is 3.84. The van der Waals surface area contributed by atoms with Gasteiger partial charge in [-0.3, -0.25) is 0 Å². The van der Waals surface area contributed by atoms with E-state index in [1.807, 2.05) is 0 Å². The molecule has 17 heavy (non-hydrogen) atoms. The molecule has 0 heterocycles. The number of hydrogen-bond donors (Lipinski definition) is 0. The van der Waals surface area contributed by atoms with Gasteiger partial charge in [-0.15, -0.1) is 0 Å². The maximum absolute atomic E-state index is 3.87. The van der Waals surface area contributed by atoms with Crippen molar-refractivity contribution in [2.24, 2.45) is 5.92 Å². The van der Waals surface area contributed by atoms with E-state index in [9.17, 15) is 0 Å². The molecule has 1 heteroatoms. The first-order valence-corrected chi connectivity index (χ1v) is 7.94. The second-order valence-corrected chi connectivity index (χ2v) is 6.41. The summed E-state index contributed by atoms with van der Waals surface area (Å²) in [5.41, 5.74) is 2.89. The first-order valence-electron chi connectivity index (χ1n) is 7.02. The molecule has 0 radical (unpaired) electrons. The largest absolute Gasteiger partial charge is 0.0839 e. The minimum Gasteiger partial charge on any atom is -0.0839 e. The summed E-state index contributed by atoms with van der Waals surface area (Å²) in [6, 6.07) is 9.12. The molecule has 1 fully saturated rings. The van der Waals surface area contributed by atoms with Crippen LogP contribution in [-0.4, -0.2) is 0 Å². The third-order valence-electron chi connectivity index (χ3n) is 4.01. The van der Waals surface area contributed by atoms with Crippen molar-refractivity contribution in [3.63, 3.8) is 0 Å². The Morgan fingerprint density at radius 1 is 1.12 bits per heavy atom. The molecule has 0 saturated heterocycles. The van der Waals surface area contributed by atoms with E-state index in [0.717, 1.165) is 12.3 Å². The predicted molar refractivity (Wildman–Crippen MR) is 78.7 cm³/mol. The van der Waals surface area contributed by atoms with Crippen molar-refractivity contribution in [1.82, 2.24) is 0 Å². The zero-order chi connectivity index (χ0) is 12.1. The van der Waals surface area contributed by atoms with E-state index in [-0.39, 0.29) is 0 Å². The molecule has 0 N–H and O–H groups in total. The van der Waals surface area contributed by atoms with Crippen molar-refractivity contribution in [3.8, 4) is 0 Å². The Bertz CT molecular complexity index is 322. The van der Waals surface area contributed by atoms with Crippen molar-refractivity contribution in [1.29, 1.82) is 0 Å². The molecule has 1 saturated carbocycles. The normalized spacial score (nSPS) is 19.2. The van der Waals surface area contributed by atoms with Crippen molar-refractivity contribution < 1.29 is 0 Å². The van der Waals surface area contributed by atoms with Crippen LogP contribution in [-0.2, 0) is 6.42 Å². The molecule has 1 unspecified atom stereocenters. The molecular formula is C16H23Br. The molecule has 2 rings (SSSR count). The summed E-state index contributed by atoms with van der Waals surface area (Å²) in [5.74, 6) is 0.943. The van der Waals surface area contributed by atoms with Crippen LogP contribution in [0.1, 0.15) is 61.4 Å². The van der Waals surface area contributed by atoms with Crippen molar-refractivity contribution in [2.45, 2.75) is 56.7 Å². The zero-order valence-electron chi connectivity index (χ0n) is 10.8. The number of alkyl halides is 1. The average molecular weight is 295 g/mol. The van der Waals surface area contributed by atoms with E-state index in [0.29, 0.717) is 4.83 Å². The van der Waals surface area contributed by atoms with Crippen molar-refractivity contribution in [2.75, 3.05) is 0 Å². The number of hydrogen-bond acceptors (Lipinski definition) is 0. The van der Waals surface area contributed by atoms with Crippen LogP contribution < -0.4 is 0 Å². The molecule has 1 aromatic carbocycles. The highest BCUT2D eigenvalue weighted by atomic mass is 79.9. The number of aryl methyl sites for hydroxylation is 1. The van der Waals surface area contributed by atoms with Gasteiger partial charge < -0.3 is 0 Å². The molecule has 1 aromatic rings. The van der Waals surface area contributed by atoms with Crippen LogP contribution in [0.5, 0.6) is 0 Å². The van der Waals surface area contributed by atoms with E-state index in [2.05, 4.69) is 47.1 Å². The van der Waals surface area contributed by atoms with Crippen LogP contribution >= 0.6 is 15.9 Å². The minimum absolute atomic E-state index is 0.552. The Morgan fingerprint density at radius 3 is 2.35 bits per heavy atom. The van der Waals surface area contributed by atoms with Gasteiger partial charge in [0.05, 0.1) is 0 Å². The summed E-state index contributed by atoms with van der Waals surface area (Å²) < 4.78 is 0. The van der Waals surface area contributed by atoms with Gasteiger partial charge in [0.1, 0.15) is 0 Å². The van der Waals surface area contributed by atoms with Gasteiger partial charge in [0, 0.05) is 4.83 Å². The molecule has 1 aliphatic carbocycles. The van der Waals surface area contributed by atoms with Gasteiger partial charge in [0.2, 0.25) is 0 Å². The maximum Gasteiger partial charge on any atom is 0.0397 e. The minimum atomic E-state index is 0.552. The molecule has 0 nitrogen and oxygen atoms in total. The lowest BCUT2D eigenvalue weighted by Crippen LogP contribution is -2.08. The predicted octanol–water partition coefficient (Wildman–Crippen LogP) is 5.66. The lowest BCUT2D eigenvalue weighted by atomic mass is 9.85. The Kier molecular flexibility index (Phi) is 5.09. The fourth-order valence-corrected chi connectivity index (χ4v) is 3.65. The SMILES string of the molecule is CCc1ccc(C(Br)CC2CCCCC2)cc1. The monoisotopic (exact) mass is 294 g/mol. The number of rotatable bonds is 4. The molecule has 0 aromatic heterocycles. The average Bonchev–Trinajstić information content (AvgIpc) is 2.40.